The first-order valence-corrected chi connectivity index (χ1v) is 22.9. The molecule has 1 N–H and O–H groups in total. The van der Waals surface area contributed by atoms with E-state index in [1.165, 1.54) is 11.3 Å². The van der Waals surface area contributed by atoms with Crippen LogP contribution in [0.4, 0.5) is 5.13 Å². The number of hydrogen-bond donors (Lipinski definition) is 1. The molecule has 2 aromatic heterocycles. The van der Waals surface area contributed by atoms with Crippen LogP contribution < -0.4 is 19.1 Å². The maximum atomic E-state index is 14.9. The molecule has 0 radical (unpaired) electrons. The predicted octanol–water partition coefficient (Wildman–Crippen LogP) is 5.61. The number of aromatic nitrogens is 2. The van der Waals surface area contributed by atoms with Gasteiger partial charge in [-0.1, -0.05) is 26.8 Å². The van der Waals surface area contributed by atoms with Crippen molar-refractivity contribution in [2.45, 2.75) is 96.0 Å². The molecular weight excluding hydrogens is 793 g/mol. The van der Waals surface area contributed by atoms with Crippen LogP contribution in [0.1, 0.15) is 78.6 Å². The van der Waals surface area contributed by atoms with E-state index in [9.17, 15) is 27.6 Å². The summed E-state index contributed by atoms with van der Waals surface area (Å²) < 4.78 is 40.3. The lowest BCUT2D eigenvalue weighted by atomic mass is 9.77. The second-order valence-electron chi connectivity index (χ2n) is 17.9. The van der Waals surface area contributed by atoms with Crippen molar-refractivity contribution in [3.8, 4) is 22.9 Å². The van der Waals surface area contributed by atoms with Crippen LogP contribution in [0, 0.1) is 22.7 Å². The van der Waals surface area contributed by atoms with E-state index < -0.39 is 56.0 Å². The van der Waals surface area contributed by atoms with Crippen molar-refractivity contribution in [2.24, 2.45) is 22.7 Å². The number of nitrogens with one attached hydrogen (secondary N) is 1. The smallest absolute Gasteiger partial charge is 0.240 e. The molecule has 16 heteroatoms. The Morgan fingerprint density at radius 2 is 1.81 bits per heavy atom. The Morgan fingerprint density at radius 3 is 2.42 bits per heavy atom. The van der Waals surface area contributed by atoms with E-state index >= 15 is 0 Å². The topological polar surface area (TPSA) is 168 Å². The quantitative estimate of drug-likeness (QED) is 0.189. The Hall–Kier alpha value is -4.57. The van der Waals surface area contributed by atoms with Crippen LogP contribution in [0.2, 0.25) is 0 Å². The zero-order valence-electron chi connectivity index (χ0n) is 34.9. The molecule has 0 spiro atoms. The first-order chi connectivity index (χ1) is 27.9. The molecule has 59 heavy (non-hydrogen) atoms. The predicted molar refractivity (Wildman–Crippen MR) is 227 cm³/mol. The van der Waals surface area contributed by atoms with E-state index in [0.29, 0.717) is 59.7 Å². The second kappa shape index (κ2) is 16.5. The molecule has 4 aliphatic rings. The number of piperidine rings is 1. The number of fused-ring (bicyclic) bond motifs is 1. The highest BCUT2D eigenvalue weighted by Crippen LogP contribution is 2.57. The number of benzene rings is 1. The SMILES string of the molecule is C=C[C@@H]1C[C@]1(CC(=O)[C@@H]1C[C@@H](Oc2cc(-c3csc(N(C)C)n3)nc3cc(OC)ccc23)CN1C(=O)[C@@H](CC(=O)N1CCCCC1)C(C)(C)C)C(=O)NS(=O)(=O)C1CC1. The molecule has 3 amide bonds. The number of anilines is 1. The van der Waals surface area contributed by atoms with Gasteiger partial charge >= 0.3 is 0 Å². The molecule has 2 aliphatic carbocycles. The number of nitrogens with zero attached hydrogens (tertiary/aromatic N) is 5. The molecule has 7 rings (SSSR count). The van der Waals surface area contributed by atoms with Crippen molar-refractivity contribution >= 4 is 60.9 Å². The van der Waals surface area contributed by atoms with Gasteiger partial charge in [0, 0.05) is 69.3 Å². The van der Waals surface area contributed by atoms with Crippen molar-refractivity contribution in [3.63, 3.8) is 0 Å². The van der Waals surface area contributed by atoms with Gasteiger partial charge in [0.25, 0.3) is 0 Å². The number of ether oxygens (including phenoxy) is 2. The third-order valence-electron chi connectivity index (χ3n) is 12.3. The zero-order valence-corrected chi connectivity index (χ0v) is 36.5. The molecule has 2 saturated carbocycles. The maximum absolute atomic E-state index is 14.9. The van der Waals surface area contributed by atoms with Gasteiger partial charge in [-0.2, -0.15) is 0 Å². The Labute approximate surface area is 350 Å². The summed E-state index contributed by atoms with van der Waals surface area (Å²) in [4.78, 5) is 72.0. The van der Waals surface area contributed by atoms with Gasteiger partial charge in [0.05, 0.1) is 47.5 Å². The molecule has 2 aliphatic heterocycles. The lowest BCUT2D eigenvalue weighted by molar-refractivity contribution is -0.148. The molecule has 2 saturated heterocycles. The Morgan fingerprint density at radius 1 is 1.08 bits per heavy atom. The maximum Gasteiger partial charge on any atom is 0.240 e. The third kappa shape index (κ3) is 8.98. The Kier molecular flexibility index (Phi) is 11.9. The van der Waals surface area contributed by atoms with Gasteiger partial charge in [-0.05, 0) is 62.0 Å². The van der Waals surface area contributed by atoms with E-state index in [2.05, 4.69) is 11.3 Å². The van der Waals surface area contributed by atoms with E-state index in [1.54, 1.807) is 18.1 Å². The number of carbonyl (C=O) groups is 4. The summed E-state index contributed by atoms with van der Waals surface area (Å²) in [6, 6.07) is 6.31. The van der Waals surface area contributed by atoms with Gasteiger partial charge in [-0.3, -0.25) is 23.9 Å². The number of amides is 3. The van der Waals surface area contributed by atoms with Gasteiger partial charge in [0.1, 0.15) is 23.3 Å². The minimum Gasteiger partial charge on any atom is -0.497 e. The van der Waals surface area contributed by atoms with E-state index in [0.717, 1.165) is 24.4 Å². The van der Waals surface area contributed by atoms with Crippen LogP contribution in [-0.4, -0.2) is 110 Å². The van der Waals surface area contributed by atoms with Crippen molar-refractivity contribution in [1.29, 1.82) is 0 Å². The molecule has 0 unspecified atom stereocenters. The van der Waals surface area contributed by atoms with Crippen LogP contribution in [0.3, 0.4) is 0 Å². The highest BCUT2D eigenvalue weighted by Gasteiger charge is 2.61. The first-order valence-electron chi connectivity index (χ1n) is 20.5. The van der Waals surface area contributed by atoms with Crippen LogP contribution in [0.5, 0.6) is 11.5 Å². The Bertz CT molecular complexity index is 2240. The van der Waals surface area contributed by atoms with Gasteiger partial charge in [0.2, 0.25) is 27.7 Å². The number of ketones is 1. The molecular formula is C43H56N6O8S2. The molecule has 1 aromatic carbocycles. The van der Waals surface area contributed by atoms with Crippen molar-refractivity contribution < 1.29 is 37.1 Å². The summed E-state index contributed by atoms with van der Waals surface area (Å²) >= 11 is 1.48. The van der Waals surface area contributed by atoms with Gasteiger partial charge in [-0.25, -0.2) is 18.4 Å². The van der Waals surface area contributed by atoms with Crippen molar-refractivity contribution in [2.75, 3.05) is 45.7 Å². The van der Waals surface area contributed by atoms with Gasteiger partial charge in [0.15, 0.2) is 10.9 Å². The number of sulfonamides is 1. The number of Topliss-reactive ketones (excluding diaryl/α,β-unsaturated/α-hetero) is 1. The average molecular weight is 849 g/mol. The fourth-order valence-electron chi connectivity index (χ4n) is 8.45. The number of likely N-dealkylation sites (tertiary alicyclic amines) is 2. The van der Waals surface area contributed by atoms with Crippen molar-refractivity contribution in [1.82, 2.24) is 24.5 Å². The molecule has 4 fully saturated rings. The largest absolute Gasteiger partial charge is 0.497 e. The van der Waals surface area contributed by atoms with E-state index in [1.807, 2.05) is 74.3 Å². The minimum atomic E-state index is -3.87. The lowest BCUT2D eigenvalue weighted by Crippen LogP contribution is -2.49. The van der Waals surface area contributed by atoms with Gasteiger partial charge < -0.3 is 24.2 Å². The molecule has 4 heterocycles. The average Bonchev–Trinajstić information content (AvgIpc) is 4.08. The van der Waals surface area contributed by atoms with E-state index in [4.69, 9.17) is 19.4 Å². The monoisotopic (exact) mass is 848 g/mol. The fourth-order valence-corrected chi connectivity index (χ4v) is 10.6. The molecule has 14 nitrogen and oxygen atoms in total. The minimum absolute atomic E-state index is 0.00205. The van der Waals surface area contributed by atoms with Crippen LogP contribution in [0.15, 0.2) is 42.3 Å². The normalized spacial score (nSPS) is 23.7. The zero-order chi connectivity index (χ0) is 42.4. The van der Waals surface area contributed by atoms with Crippen molar-refractivity contribution in [3.05, 3.63) is 42.3 Å². The second-order valence-corrected chi connectivity index (χ2v) is 20.7. The summed E-state index contributed by atoms with van der Waals surface area (Å²) in [5.74, 6) is -1.55. The molecule has 318 valence electrons. The highest BCUT2D eigenvalue weighted by atomic mass is 32.2. The molecule has 0 bridgehead atoms. The summed E-state index contributed by atoms with van der Waals surface area (Å²) in [5, 5.41) is 2.81. The third-order valence-corrected chi connectivity index (χ3v) is 15.1. The first kappa shape index (κ1) is 42.6. The number of pyridine rings is 1. The molecule has 5 atom stereocenters. The van der Waals surface area contributed by atoms with E-state index in [-0.39, 0.29) is 49.8 Å². The van der Waals surface area contributed by atoms with Crippen LogP contribution >= 0.6 is 11.3 Å². The number of methoxy groups -OCH3 is 1. The fraction of sp³-hybridized carbons (Fsp3) is 0.581. The highest BCUT2D eigenvalue weighted by molar-refractivity contribution is 7.90. The molecule has 3 aromatic rings. The summed E-state index contributed by atoms with van der Waals surface area (Å²) in [6.07, 6.45) is 4.91. The summed E-state index contributed by atoms with van der Waals surface area (Å²) in [6.45, 7) is 11.0. The van der Waals surface area contributed by atoms with Crippen LogP contribution in [-0.2, 0) is 29.2 Å². The number of hydrogen-bond acceptors (Lipinski definition) is 12. The Balaban J connectivity index is 1.22. The van der Waals surface area contributed by atoms with Gasteiger partial charge in [-0.15, -0.1) is 17.9 Å². The number of allylic oxidation sites excluding steroid dienone is 1. The number of thiazole rings is 1. The number of rotatable bonds is 15. The van der Waals surface area contributed by atoms with Crippen LogP contribution in [0.25, 0.3) is 22.3 Å². The summed E-state index contributed by atoms with van der Waals surface area (Å²) in [5.41, 5.74) is -0.0880. The lowest BCUT2D eigenvalue weighted by Gasteiger charge is -2.36. The standard InChI is InChI=1S/C43H56N6O8S2/c1-8-26-22-43(26,40(53)46-59(54,55)29-13-14-29)23-36(50)35-19-28(24-49(35)39(52)31(42(2,3)4)20-38(51)48-16-10-9-11-17-48)57-37-21-33(34-25-58-41(45-34)47(5)6)44-32-18-27(56-7)12-15-30(32)37/h8,12,15,18,21,25-26,28-29,31,35H,1,9-11,13-14,16-17,19-20,22-24H2,2-7H3,(H,46,53)/t26-,28-,31-,35+,43-/m1/s1. The summed E-state index contributed by atoms with van der Waals surface area (Å²) in [7, 11) is 1.55. The number of carbonyl (C=O) groups excluding carboxylic acids is 4.